The van der Waals surface area contributed by atoms with Crippen molar-refractivity contribution < 1.29 is 9.53 Å². The fourth-order valence-corrected chi connectivity index (χ4v) is 3.64. The van der Waals surface area contributed by atoms with Crippen molar-refractivity contribution in [2.24, 2.45) is 0 Å². The highest BCUT2D eigenvalue weighted by atomic mass is 32.2. The standard InChI is InChI=1S/C20H23N5O2S/c1-15(19(26)24(2)13-16-7-5-4-6-8-16)28-20-21-22-23-25(20)14-17-9-11-18(27-3)12-10-17/h4-12,15H,13-14H2,1-3H3. The van der Waals surface area contributed by atoms with Gasteiger partial charge in [-0.25, -0.2) is 4.68 Å². The molecule has 7 nitrogen and oxygen atoms in total. The summed E-state index contributed by atoms with van der Waals surface area (Å²) in [6.45, 7) is 2.97. The Kier molecular flexibility index (Phi) is 6.65. The van der Waals surface area contributed by atoms with Gasteiger partial charge in [-0.1, -0.05) is 54.2 Å². The van der Waals surface area contributed by atoms with E-state index in [1.807, 2.05) is 68.6 Å². The average molecular weight is 398 g/mol. The summed E-state index contributed by atoms with van der Waals surface area (Å²) in [5, 5.41) is 12.2. The van der Waals surface area contributed by atoms with Crippen molar-refractivity contribution in [3.05, 3.63) is 65.7 Å². The number of tetrazole rings is 1. The van der Waals surface area contributed by atoms with Crippen LogP contribution in [0.2, 0.25) is 0 Å². The summed E-state index contributed by atoms with van der Waals surface area (Å²) in [5.41, 5.74) is 2.15. The second kappa shape index (κ2) is 9.36. The Labute approximate surface area is 168 Å². The van der Waals surface area contributed by atoms with Gasteiger partial charge in [-0.05, 0) is 40.6 Å². The van der Waals surface area contributed by atoms with Gasteiger partial charge in [0.2, 0.25) is 11.1 Å². The fraction of sp³-hybridized carbons (Fsp3) is 0.300. The molecular weight excluding hydrogens is 374 g/mol. The first-order valence-corrected chi connectivity index (χ1v) is 9.79. The van der Waals surface area contributed by atoms with Crippen LogP contribution in [-0.4, -0.2) is 50.4 Å². The number of hydrogen-bond acceptors (Lipinski definition) is 6. The van der Waals surface area contributed by atoms with E-state index >= 15 is 0 Å². The van der Waals surface area contributed by atoms with E-state index in [4.69, 9.17) is 4.74 Å². The molecule has 3 aromatic rings. The summed E-state index contributed by atoms with van der Waals surface area (Å²) < 4.78 is 6.88. The first-order chi connectivity index (χ1) is 13.6. The summed E-state index contributed by atoms with van der Waals surface area (Å²) >= 11 is 1.36. The fourth-order valence-electron chi connectivity index (χ4n) is 2.74. The number of hydrogen-bond donors (Lipinski definition) is 0. The van der Waals surface area contributed by atoms with Gasteiger partial charge in [0, 0.05) is 13.6 Å². The van der Waals surface area contributed by atoms with Crippen LogP contribution in [0.15, 0.2) is 59.8 Å². The average Bonchev–Trinajstić information content (AvgIpc) is 3.15. The highest BCUT2D eigenvalue weighted by Gasteiger charge is 2.22. The molecule has 0 aliphatic rings. The number of carbonyl (C=O) groups excluding carboxylic acids is 1. The van der Waals surface area contributed by atoms with Gasteiger partial charge in [0.1, 0.15) is 5.75 Å². The SMILES string of the molecule is COc1ccc(Cn2nnnc2SC(C)C(=O)N(C)Cc2ccccc2)cc1. The van der Waals surface area contributed by atoms with Gasteiger partial charge in [0.15, 0.2) is 0 Å². The first kappa shape index (κ1) is 19.9. The van der Waals surface area contributed by atoms with Crippen molar-refractivity contribution in [1.82, 2.24) is 25.1 Å². The molecule has 0 N–H and O–H groups in total. The molecule has 0 saturated carbocycles. The molecule has 0 fully saturated rings. The Balaban J connectivity index is 1.61. The molecular formula is C20H23N5O2S. The van der Waals surface area contributed by atoms with Crippen LogP contribution in [0, 0.1) is 0 Å². The Morgan fingerprint density at radius 2 is 1.86 bits per heavy atom. The number of amides is 1. The van der Waals surface area contributed by atoms with Gasteiger partial charge in [-0.2, -0.15) is 0 Å². The maximum atomic E-state index is 12.7. The van der Waals surface area contributed by atoms with Gasteiger partial charge in [0.05, 0.1) is 18.9 Å². The molecule has 0 aliphatic carbocycles. The third-order valence-electron chi connectivity index (χ3n) is 4.26. The maximum absolute atomic E-state index is 12.7. The van der Waals surface area contributed by atoms with E-state index in [9.17, 15) is 4.79 Å². The molecule has 0 bridgehead atoms. The van der Waals surface area contributed by atoms with Crippen LogP contribution in [0.5, 0.6) is 5.75 Å². The minimum atomic E-state index is -0.297. The van der Waals surface area contributed by atoms with Gasteiger partial charge < -0.3 is 9.64 Å². The minimum Gasteiger partial charge on any atom is -0.497 e. The topological polar surface area (TPSA) is 73.1 Å². The quantitative estimate of drug-likeness (QED) is 0.544. The summed E-state index contributed by atoms with van der Waals surface area (Å²) in [6.07, 6.45) is 0. The van der Waals surface area contributed by atoms with Gasteiger partial charge >= 0.3 is 0 Å². The van der Waals surface area contributed by atoms with Gasteiger partial charge in [-0.3, -0.25) is 4.79 Å². The van der Waals surface area contributed by atoms with E-state index in [0.29, 0.717) is 18.2 Å². The molecule has 0 radical (unpaired) electrons. The molecule has 1 amide bonds. The normalized spacial score (nSPS) is 11.8. The third kappa shape index (κ3) is 5.10. The molecule has 1 atom stereocenters. The van der Waals surface area contributed by atoms with Gasteiger partial charge in [-0.15, -0.1) is 5.10 Å². The minimum absolute atomic E-state index is 0.0350. The zero-order chi connectivity index (χ0) is 19.9. The van der Waals surface area contributed by atoms with Crippen LogP contribution >= 0.6 is 11.8 Å². The Morgan fingerprint density at radius 1 is 1.14 bits per heavy atom. The zero-order valence-electron chi connectivity index (χ0n) is 16.1. The predicted molar refractivity (Wildman–Crippen MR) is 108 cm³/mol. The van der Waals surface area contributed by atoms with E-state index in [-0.39, 0.29) is 11.2 Å². The van der Waals surface area contributed by atoms with E-state index in [2.05, 4.69) is 15.5 Å². The lowest BCUT2D eigenvalue weighted by Gasteiger charge is -2.21. The Morgan fingerprint density at radius 3 is 2.54 bits per heavy atom. The molecule has 1 heterocycles. The number of thioether (sulfide) groups is 1. The maximum Gasteiger partial charge on any atom is 0.235 e. The monoisotopic (exact) mass is 397 g/mol. The van der Waals surface area contributed by atoms with E-state index in [1.165, 1.54) is 11.8 Å². The number of benzene rings is 2. The molecule has 0 aliphatic heterocycles. The first-order valence-electron chi connectivity index (χ1n) is 8.91. The van der Waals surface area contributed by atoms with E-state index in [1.54, 1.807) is 16.7 Å². The van der Waals surface area contributed by atoms with Crippen molar-refractivity contribution in [1.29, 1.82) is 0 Å². The predicted octanol–water partition coefficient (Wildman–Crippen LogP) is 2.87. The second-order valence-electron chi connectivity index (χ2n) is 6.41. The molecule has 3 rings (SSSR count). The van der Waals surface area contributed by atoms with E-state index in [0.717, 1.165) is 16.9 Å². The summed E-state index contributed by atoms with van der Waals surface area (Å²) in [5.74, 6) is 0.837. The van der Waals surface area contributed by atoms with Crippen molar-refractivity contribution in [3.63, 3.8) is 0 Å². The number of methoxy groups -OCH3 is 1. The van der Waals surface area contributed by atoms with Crippen LogP contribution in [0.3, 0.4) is 0 Å². The lowest BCUT2D eigenvalue weighted by molar-refractivity contribution is -0.129. The molecule has 2 aromatic carbocycles. The molecule has 28 heavy (non-hydrogen) atoms. The molecule has 0 spiro atoms. The largest absolute Gasteiger partial charge is 0.497 e. The van der Waals surface area contributed by atoms with Crippen molar-refractivity contribution in [2.45, 2.75) is 30.4 Å². The molecule has 0 saturated heterocycles. The number of aromatic nitrogens is 4. The highest BCUT2D eigenvalue weighted by molar-refractivity contribution is 8.00. The van der Waals surface area contributed by atoms with Crippen LogP contribution in [0.25, 0.3) is 0 Å². The Hall–Kier alpha value is -2.87. The van der Waals surface area contributed by atoms with Gasteiger partial charge in [0.25, 0.3) is 0 Å². The highest BCUT2D eigenvalue weighted by Crippen LogP contribution is 2.23. The van der Waals surface area contributed by atoms with E-state index < -0.39 is 0 Å². The zero-order valence-corrected chi connectivity index (χ0v) is 17.0. The smallest absolute Gasteiger partial charge is 0.235 e. The third-order valence-corrected chi connectivity index (χ3v) is 5.32. The number of carbonyl (C=O) groups is 1. The molecule has 1 aromatic heterocycles. The summed E-state index contributed by atoms with van der Waals surface area (Å²) in [6, 6.07) is 17.7. The van der Waals surface area contributed by atoms with Crippen molar-refractivity contribution in [2.75, 3.05) is 14.2 Å². The van der Waals surface area contributed by atoms with Crippen LogP contribution in [-0.2, 0) is 17.9 Å². The lowest BCUT2D eigenvalue weighted by Crippen LogP contribution is -2.33. The second-order valence-corrected chi connectivity index (χ2v) is 7.72. The van der Waals surface area contributed by atoms with Crippen molar-refractivity contribution in [3.8, 4) is 5.75 Å². The molecule has 1 unspecified atom stereocenters. The van der Waals surface area contributed by atoms with Crippen molar-refractivity contribution >= 4 is 17.7 Å². The Bertz CT molecular complexity index is 898. The summed E-state index contributed by atoms with van der Waals surface area (Å²) in [4.78, 5) is 14.5. The van der Waals surface area contributed by atoms with Crippen LogP contribution < -0.4 is 4.74 Å². The number of ether oxygens (including phenoxy) is 1. The van der Waals surface area contributed by atoms with Crippen LogP contribution in [0.4, 0.5) is 0 Å². The van der Waals surface area contributed by atoms with Crippen LogP contribution in [0.1, 0.15) is 18.1 Å². The number of nitrogens with zero attached hydrogens (tertiary/aromatic N) is 5. The lowest BCUT2D eigenvalue weighted by atomic mass is 10.2. The summed E-state index contributed by atoms with van der Waals surface area (Å²) in [7, 11) is 3.45. The molecule has 8 heteroatoms. The molecule has 146 valence electrons. The number of rotatable bonds is 8.